The molecule has 90 valence electrons. The Kier molecular flexibility index (Phi) is 2.52. The zero-order valence-corrected chi connectivity index (χ0v) is 10.1. The quantitative estimate of drug-likeness (QED) is 0.831. The molecule has 1 aliphatic rings. The molecule has 0 saturated heterocycles. The van der Waals surface area contributed by atoms with Gasteiger partial charge in [-0.05, 0) is 35.4 Å². The molecule has 0 saturated carbocycles. The normalized spacial score (nSPS) is 13.1. The lowest BCUT2D eigenvalue weighted by Crippen LogP contribution is -2.11. The highest BCUT2D eigenvalue weighted by atomic mass is 16.5. The zero-order valence-electron chi connectivity index (χ0n) is 10.1. The van der Waals surface area contributed by atoms with E-state index in [2.05, 4.69) is 5.32 Å². The summed E-state index contributed by atoms with van der Waals surface area (Å²) < 4.78 is 5.22. The lowest BCUT2D eigenvalue weighted by Gasteiger charge is -2.08. The highest BCUT2D eigenvalue weighted by Gasteiger charge is 2.18. The number of anilines is 1. The summed E-state index contributed by atoms with van der Waals surface area (Å²) in [5.41, 5.74) is 3.72. The Morgan fingerprint density at radius 2 is 1.94 bits per heavy atom. The summed E-state index contributed by atoms with van der Waals surface area (Å²) in [5, 5.41) is 2.94. The van der Waals surface area contributed by atoms with Crippen LogP contribution in [0.25, 0.3) is 0 Å². The summed E-state index contributed by atoms with van der Waals surface area (Å²) in [7, 11) is 1.64. The number of nitrogens with one attached hydrogen (secondary N) is 1. The van der Waals surface area contributed by atoms with E-state index in [-0.39, 0.29) is 5.91 Å². The number of hydrogen-bond donors (Lipinski definition) is 1. The Labute approximate surface area is 105 Å². The SMILES string of the molecule is COc1ccc2c(c1)Cc1ccccc1C(=O)N2. The van der Waals surface area contributed by atoms with E-state index >= 15 is 0 Å². The van der Waals surface area contributed by atoms with Gasteiger partial charge in [-0.15, -0.1) is 0 Å². The predicted octanol–water partition coefficient (Wildman–Crippen LogP) is 2.85. The number of ether oxygens (including phenoxy) is 1. The van der Waals surface area contributed by atoms with Crippen LogP contribution in [0.3, 0.4) is 0 Å². The number of amides is 1. The van der Waals surface area contributed by atoms with E-state index in [0.29, 0.717) is 0 Å². The zero-order chi connectivity index (χ0) is 12.5. The summed E-state index contributed by atoms with van der Waals surface area (Å²) in [5.74, 6) is 0.761. The van der Waals surface area contributed by atoms with E-state index in [1.807, 2.05) is 42.5 Å². The average Bonchev–Trinajstić information content (AvgIpc) is 2.54. The van der Waals surface area contributed by atoms with E-state index in [1.54, 1.807) is 7.11 Å². The third kappa shape index (κ3) is 1.74. The van der Waals surface area contributed by atoms with Crippen LogP contribution in [-0.2, 0) is 6.42 Å². The molecule has 1 N–H and O–H groups in total. The highest BCUT2D eigenvalue weighted by molar-refractivity contribution is 6.06. The molecule has 3 nitrogen and oxygen atoms in total. The minimum Gasteiger partial charge on any atom is -0.497 e. The van der Waals surface area contributed by atoms with Gasteiger partial charge < -0.3 is 10.1 Å². The second kappa shape index (κ2) is 4.18. The second-order valence-electron chi connectivity index (χ2n) is 4.31. The number of hydrogen-bond acceptors (Lipinski definition) is 2. The number of benzene rings is 2. The van der Waals surface area contributed by atoms with Crippen molar-refractivity contribution in [1.82, 2.24) is 0 Å². The van der Waals surface area contributed by atoms with E-state index in [9.17, 15) is 4.79 Å². The van der Waals surface area contributed by atoms with Crippen LogP contribution < -0.4 is 10.1 Å². The number of rotatable bonds is 1. The summed E-state index contributed by atoms with van der Waals surface area (Å²) in [6.45, 7) is 0. The van der Waals surface area contributed by atoms with Crippen LogP contribution in [-0.4, -0.2) is 13.0 Å². The molecule has 0 unspecified atom stereocenters. The molecule has 18 heavy (non-hydrogen) atoms. The molecule has 0 aliphatic carbocycles. The van der Waals surface area contributed by atoms with Crippen LogP contribution in [0.1, 0.15) is 21.5 Å². The summed E-state index contributed by atoms with van der Waals surface area (Å²) in [6, 6.07) is 13.4. The Balaban J connectivity index is 2.13. The molecule has 3 rings (SSSR count). The molecule has 1 amide bonds. The van der Waals surface area contributed by atoms with Crippen molar-refractivity contribution in [2.24, 2.45) is 0 Å². The van der Waals surface area contributed by atoms with Gasteiger partial charge in [0.05, 0.1) is 7.11 Å². The maximum Gasteiger partial charge on any atom is 0.255 e. The van der Waals surface area contributed by atoms with E-state index < -0.39 is 0 Å². The number of carbonyl (C=O) groups is 1. The smallest absolute Gasteiger partial charge is 0.255 e. The first-order valence-electron chi connectivity index (χ1n) is 5.84. The van der Waals surface area contributed by atoms with Crippen molar-refractivity contribution in [2.45, 2.75) is 6.42 Å². The lowest BCUT2D eigenvalue weighted by molar-refractivity contribution is 0.102. The third-order valence-corrected chi connectivity index (χ3v) is 3.20. The molecule has 3 heteroatoms. The Hall–Kier alpha value is -2.29. The van der Waals surface area contributed by atoms with Gasteiger partial charge in [0.25, 0.3) is 5.91 Å². The number of carbonyl (C=O) groups excluding carboxylic acids is 1. The Morgan fingerprint density at radius 1 is 1.11 bits per heavy atom. The standard InChI is InChI=1S/C15H13NO2/c1-18-12-6-7-14-11(9-12)8-10-4-2-3-5-13(10)15(17)16-14/h2-7,9H,8H2,1H3,(H,16,17). The van der Waals surface area contributed by atoms with Gasteiger partial charge in [0.2, 0.25) is 0 Å². The topological polar surface area (TPSA) is 38.3 Å². The molecule has 0 atom stereocenters. The van der Waals surface area contributed by atoms with Gasteiger partial charge in [-0.1, -0.05) is 18.2 Å². The molecule has 2 aromatic rings. The largest absolute Gasteiger partial charge is 0.497 e. The first-order chi connectivity index (χ1) is 8.78. The van der Waals surface area contributed by atoms with Crippen molar-refractivity contribution in [1.29, 1.82) is 0 Å². The summed E-state index contributed by atoms with van der Waals surface area (Å²) in [6.07, 6.45) is 0.738. The summed E-state index contributed by atoms with van der Waals surface area (Å²) >= 11 is 0. The van der Waals surface area contributed by atoms with Gasteiger partial charge in [0.15, 0.2) is 0 Å². The fourth-order valence-corrected chi connectivity index (χ4v) is 2.26. The third-order valence-electron chi connectivity index (χ3n) is 3.20. The minimum absolute atomic E-state index is 0.0467. The van der Waals surface area contributed by atoms with Crippen LogP contribution in [0.4, 0.5) is 5.69 Å². The van der Waals surface area contributed by atoms with E-state index in [4.69, 9.17) is 4.74 Å². The van der Waals surface area contributed by atoms with Crippen molar-refractivity contribution < 1.29 is 9.53 Å². The number of fused-ring (bicyclic) bond motifs is 2. The maximum atomic E-state index is 12.1. The van der Waals surface area contributed by atoms with Crippen LogP contribution >= 0.6 is 0 Å². The Morgan fingerprint density at radius 3 is 2.78 bits per heavy atom. The first-order valence-corrected chi connectivity index (χ1v) is 5.84. The average molecular weight is 239 g/mol. The molecule has 0 bridgehead atoms. The van der Waals surface area contributed by atoms with Crippen LogP contribution in [0.15, 0.2) is 42.5 Å². The minimum atomic E-state index is -0.0467. The van der Waals surface area contributed by atoms with Gasteiger partial charge in [0, 0.05) is 17.7 Å². The molecule has 1 aliphatic heterocycles. The number of methoxy groups -OCH3 is 1. The monoisotopic (exact) mass is 239 g/mol. The fraction of sp³-hybridized carbons (Fsp3) is 0.133. The lowest BCUT2D eigenvalue weighted by atomic mass is 10.0. The first kappa shape index (κ1) is 10.8. The Bertz CT molecular complexity index is 620. The van der Waals surface area contributed by atoms with Gasteiger partial charge in [-0.2, -0.15) is 0 Å². The van der Waals surface area contributed by atoms with E-state index in [0.717, 1.165) is 34.5 Å². The van der Waals surface area contributed by atoms with Gasteiger partial charge in [0.1, 0.15) is 5.75 Å². The van der Waals surface area contributed by atoms with Crippen molar-refractivity contribution >= 4 is 11.6 Å². The van der Waals surface area contributed by atoms with Crippen molar-refractivity contribution in [2.75, 3.05) is 12.4 Å². The molecule has 1 heterocycles. The van der Waals surface area contributed by atoms with Crippen LogP contribution in [0.5, 0.6) is 5.75 Å². The van der Waals surface area contributed by atoms with Crippen molar-refractivity contribution in [3.63, 3.8) is 0 Å². The molecule has 0 aromatic heterocycles. The van der Waals surface area contributed by atoms with Crippen LogP contribution in [0.2, 0.25) is 0 Å². The highest BCUT2D eigenvalue weighted by Crippen LogP contribution is 2.29. The van der Waals surface area contributed by atoms with Gasteiger partial charge in [-0.25, -0.2) is 0 Å². The van der Waals surface area contributed by atoms with E-state index in [1.165, 1.54) is 0 Å². The van der Waals surface area contributed by atoms with Crippen LogP contribution in [0, 0.1) is 0 Å². The molecule has 0 spiro atoms. The molecule has 0 fully saturated rings. The fourth-order valence-electron chi connectivity index (χ4n) is 2.26. The second-order valence-corrected chi connectivity index (χ2v) is 4.31. The molecule has 2 aromatic carbocycles. The summed E-state index contributed by atoms with van der Waals surface area (Å²) in [4.78, 5) is 12.1. The van der Waals surface area contributed by atoms with Gasteiger partial charge in [-0.3, -0.25) is 4.79 Å². The molecular formula is C15H13NO2. The predicted molar refractivity (Wildman–Crippen MR) is 70.2 cm³/mol. The van der Waals surface area contributed by atoms with Gasteiger partial charge >= 0.3 is 0 Å². The molecule has 0 radical (unpaired) electrons. The van der Waals surface area contributed by atoms with Crippen molar-refractivity contribution in [3.8, 4) is 5.75 Å². The molecular weight excluding hydrogens is 226 g/mol. The van der Waals surface area contributed by atoms with Crippen molar-refractivity contribution in [3.05, 3.63) is 59.2 Å². The maximum absolute atomic E-state index is 12.1.